The average Bonchev–Trinajstić information content (AvgIpc) is 2.97. The second-order valence-corrected chi connectivity index (χ2v) is 10.2. The summed E-state index contributed by atoms with van der Waals surface area (Å²) in [6.07, 6.45) is -1.09. The average molecular weight is 605 g/mol. The third kappa shape index (κ3) is 6.28. The number of halogens is 3. The van der Waals surface area contributed by atoms with Crippen LogP contribution in [0.5, 0.6) is 23.0 Å². The number of para-hydroxylation sites is 1. The molecule has 1 heterocycles. The fourth-order valence-electron chi connectivity index (χ4n) is 4.40. The number of nitriles is 1. The van der Waals surface area contributed by atoms with Crippen LogP contribution < -0.4 is 24.7 Å². The van der Waals surface area contributed by atoms with E-state index in [-0.39, 0.29) is 29.6 Å². The zero-order chi connectivity index (χ0) is 29.8. The van der Waals surface area contributed by atoms with E-state index in [1.54, 1.807) is 42.5 Å². The van der Waals surface area contributed by atoms with Crippen LogP contribution in [0.3, 0.4) is 0 Å². The maximum Gasteiger partial charge on any atom is 0.352 e. The lowest BCUT2D eigenvalue weighted by molar-refractivity contribution is -0.141. The molecule has 0 saturated carbocycles. The number of hydrogen-bond acceptors (Lipinski definition) is 7. The minimum absolute atomic E-state index is 0.0667. The molecule has 0 aromatic heterocycles. The third-order valence-corrected chi connectivity index (χ3v) is 7.07. The van der Waals surface area contributed by atoms with E-state index in [0.29, 0.717) is 27.1 Å². The van der Waals surface area contributed by atoms with Crippen molar-refractivity contribution in [3.63, 3.8) is 0 Å². The van der Waals surface area contributed by atoms with Crippen LogP contribution in [0.15, 0.2) is 96.4 Å². The van der Waals surface area contributed by atoms with Crippen LogP contribution in [0.4, 0.5) is 4.39 Å². The van der Waals surface area contributed by atoms with Crippen LogP contribution in [0.1, 0.15) is 29.5 Å². The number of allylic oxidation sites excluding steroid dienone is 1. The Morgan fingerprint density at radius 3 is 2.62 bits per heavy atom. The molecule has 0 radical (unpaired) electrons. The molecule has 0 fully saturated rings. The van der Waals surface area contributed by atoms with Crippen molar-refractivity contribution < 1.29 is 28.1 Å². The quantitative estimate of drug-likeness (QED) is 0.166. The number of carbonyl (C=O) groups is 1. The molecular formula is C32H23Cl2FN2O5. The van der Waals surface area contributed by atoms with E-state index in [1.165, 1.54) is 31.2 Å². The van der Waals surface area contributed by atoms with Crippen LogP contribution in [-0.4, -0.2) is 12.1 Å². The summed E-state index contributed by atoms with van der Waals surface area (Å²) in [7, 11) is 0. The van der Waals surface area contributed by atoms with Gasteiger partial charge in [-0.2, -0.15) is 5.26 Å². The van der Waals surface area contributed by atoms with Crippen LogP contribution in [-0.2, 0) is 11.4 Å². The maximum atomic E-state index is 13.9. The molecule has 2 N–H and O–H groups in total. The first-order valence-corrected chi connectivity index (χ1v) is 13.5. The molecular weight excluding hydrogens is 582 g/mol. The van der Waals surface area contributed by atoms with Crippen molar-refractivity contribution in [1.29, 1.82) is 5.26 Å². The molecule has 5 rings (SSSR count). The Hall–Kier alpha value is -4.71. The van der Waals surface area contributed by atoms with E-state index >= 15 is 0 Å². The van der Waals surface area contributed by atoms with Gasteiger partial charge in [-0.1, -0.05) is 59.6 Å². The fraction of sp³-hybridized carbons (Fsp3) is 0.125. The summed E-state index contributed by atoms with van der Waals surface area (Å²) in [5.74, 6) is -1.03. The molecule has 7 nitrogen and oxygen atoms in total. The van der Waals surface area contributed by atoms with Gasteiger partial charge in [-0.25, -0.2) is 9.18 Å². The Bertz CT molecular complexity index is 1740. The first-order chi connectivity index (χ1) is 20.2. The highest BCUT2D eigenvalue weighted by molar-refractivity contribution is 6.35. The zero-order valence-electron chi connectivity index (χ0n) is 22.1. The molecule has 1 aliphatic heterocycles. The molecule has 4 aromatic rings. The van der Waals surface area contributed by atoms with Crippen LogP contribution in [0.2, 0.25) is 10.0 Å². The van der Waals surface area contributed by atoms with Gasteiger partial charge in [-0.15, -0.1) is 0 Å². The van der Waals surface area contributed by atoms with Crippen molar-refractivity contribution in [2.24, 2.45) is 5.73 Å². The van der Waals surface area contributed by atoms with E-state index in [2.05, 4.69) is 6.07 Å². The molecule has 1 aliphatic rings. The summed E-state index contributed by atoms with van der Waals surface area (Å²) in [6, 6.07) is 25.1. The Balaban J connectivity index is 1.36. The van der Waals surface area contributed by atoms with Gasteiger partial charge in [-0.05, 0) is 55.0 Å². The lowest BCUT2D eigenvalue weighted by atomic mass is 9.83. The summed E-state index contributed by atoms with van der Waals surface area (Å²) >= 11 is 12.3. The molecule has 0 bridgehead atoms. The topological polar surface area (TPSA) is 104 Å². The second-order valence-electron chi connectivity index (χ2n) is 9.33. The Morgan fingerprint density at radius 1 is 1.05 bits per heavy atom. The number of nitrogens with two attached hydrogens (primary N) is 1. The van der Waals surface area contributed by atoms with Crippen molar-refractivity contribution in [3.05, 3.63) is 129 Å². The van der Waals surface area contributed by atoms with E-state index < -0.39 is 23.8 Å². The monoisotopic (exact) mass is 604 g/mol. The molecule has 10 heteroatoms. The van der Waals surface area contributed by atoms with E-state index in [4.69, 9.17) is 47.9 Å². The second kappa shape index (κ2) is 12.4. The van der Waals surface area contributed by atoms with Crippen molar-refractivity contribution in [2.75, 3.05) is 0 Å². The highest BCUT2D eigenvalue weighted by atomic mass is 35.5. The number of ether oxygens (including phenoxy) is 4. The molecule has 0 aliphatic carbocycles. The van der Waals surface area contributed by atoms with E-state index in [9.17, 15) is 14.4 Å². The SMILES string of the molecule is CC(Oc1ccccc1F)C(=O)Oc1ccc2c(c1)OC(N)=C(C#N)C2c1cccc(OCc2ccc(Cl)cc2Cl)c1. The maximum absolute atomic E-state index is 13.9. The number of nitrogens with zero attached hydrogens (tertiary/aromatic N) is 1. The lowest BCUT2D eigenvalue weighted by Crippen LogP contribution is -2.29. The number of benzene rings is 4. The number of hydrogen-bond donors (Lipinski definition) is 1. The predicted octanol–water partition coefficient (Wildman–Crippen LogP) is 7.30. The number of esters is 1. The summed E-state index contributed by atoms with van der Waals surface area (Å²) in [6.45, 7) is 1.66. The smallest absolute Gasteiger partial charge is 0.352 e. The molecule has 2 unspecified atom stereocenters. The van der Waals surface area contributed by atoms with Crippen LogP contribution in [0.25, 0.3) is 0 Å². The molecule has 0 spiro atoms. The first-order valence-electron chi connectivity index (χ1n) is 12.7. The molecule has 4 aromatic carbocycles. The van der Waals surface area contributed by atoms with Gasteiger partial charge < -0.3 is 24.7 Å². The molecule has 0 amide bonds. The normalized spacial score (nSPS) is 14.7. The number of rotatable bonds is 8. The van der Waals surface area contributed by atoms with Gasteiger partial charge in [0.25, 0.3) is 0 Å². The number of carbonyl (C=O) groups excluding carboxylic acids is 1. The van der Waals surface area contributed by atoms with Crippen LogP contribution >= 0.6 is 23.2 Å². The minimum Gasteiger partial charge on any atom is -0.489 e. The fourth-order valence-corrected chi connectivity index (χ4v) is 4.87. The molecule has 42 heavy (non-hydrogen) atoms. The predicted molar refractivity (Wildman–Crippen MR) is 155 cm³/mol. The van der Waals surface area contributed by atoms with Gasteiger partial charge >= 0.3 is 5.97 Å². The number of fused-ring (bicyclic) bond motifs is 1. The van der Waals surface area contributed by atoms with Crippen LogP contribution in [0, 0.1) is 17.1 Å². The van der Waals surface area contributed by atoms with E-state index in [1.807, 2.05) is 18.2 Å². The van der Waals surface area contributed by atoms with Gasteiger partial charge in [0, 0.05) is 27.2 Å². The van der Waals surface area contributed by atoms with Crippen molar-refractivity contribution >= 4 is 29.2 Å². The lowest BCUT2D eigenvalue weighted by Gasteiger charge is -2.27. The minimum atomic E-state index is -1.09. The first kappa shape index (κ1) is 28.8. The standard InChI is InChI=1S/C32H23Cl2FN2O5/c1-18(40-28-8-3-2-7-27(28)35)32(38)41-23-11-12-24-29(15-23)42-31(37)25(16-36)30(24)19-5-4-6-22(13-19)39-17-20-9-10-21(33)14-26(20)34/h2-15,18,30H,17,37H2,1H3. The summed E-state index contributed by atoms with van der Waals surface area (Å²) in [5.41, 5.74) is 8.50. The summed E-state index contributed by atoms with van der Waals surface area (Å²) < 4.78 is 36.5. The molecule has 0 saturated heterocycles. The van der Waals surface area contributed by atoms with Crippen molar-refractivity contribution in [3.8, 4) is 29.1 Å². The van der Waals surface area contributed by atoms with Gasteiger partial charge in [0.15, 0.2) is 17.7 Å². The zero-order valence-corrected chi connectivity index (χ0v) is 23.7. The Labute approximate surface area is 251 Å². The Kier molecular flexibility index (Phi) is 8.53. The largest absolute Gasteiger partial charge is 0.489 e. The van der Waals surface area contributed by atoms with Gasteiger partial charge in [0.2, 0.25) is 5.88 Å². The Morgan fingerprint density at radius 2 is 1.86 bits per heavy atom. The van der Waals surface area contributed by atoms with Gasteiger partial charge in [0.05, 0.1) is 5.92 Å². The highest BCUT2D eigenvalue weighted by Gasteiger charge is 2.31. The van der Waals surface area contributed by atoms with Gasteiger partial charge in [-0.3, -0.25) is 0 Å². The molecule has 2 atom stereocenters. The summed E-state index contributed by atoms with van der Waals surface area (Å²) in [4.78, 5) is 12.7. The van der Waals surface area contributed by atoms with E-state index in [0.717, 1.165) is 11.1 Å². The van der Waals surface area contributed by atoms with Crippen molar-refractivity contribution in [1.82, 2.24) is 0 Å². The highest BCUT2D eigenvalue weighted by Crippen LogP contribution is 2.44. The molecule has 212 valence electrons. The van der Waals surface area contributed by atoms with Gasteiger partial charge in [0.1, 0.15) is 35.5 Å². The third-order valence-electron chi connectivity index (χ3n) is 6.48. The van der Waals surface area contributed by atoms with Crippen molar-refractivity contribution in [2.45, 2.75) is 25.6 Å². The summed E-state index contributed by atoms with van der Waals surface area (Å²) in [5, 5.41) is 11.0.